The van der Waals surface area contributed by atoms with E-state index in [2.05, 4.69) is 36.4 Å². The van der Waals surface area contributed by atoms with Gasteiger partial charge in [-0.05, 0) is 24.5 Å². The van der Waals surface area contributed by atoms with Gasteiger partial charge in [-0.2, -0.15) is 0 Å². The first-order valence-corrected chi connectivity index (χ1v) is 6.76. The van der Waals surface area contributed by atoms with Crippen LogP contribution < -0.4 is 10.6 Å². The number of nitrogens with one attached hydrogen (secondary N) is 2. The maximum absolute atomic E-state index is 6.10. The minimum Gasteiger partial charge on any atom is -0.357 e. The number of aliphatic imine (C=N–C) groups is 1. The van der Waals surface area contributed by atoms with Crippen LogP contribution in [0.25, 0.3) is 0 Å². The van der Waals surface area contributed by atoms with E-state index < -0.39 is 0 Å². The first-order chi connectivity index (χ1) is 8.63. The van der Waals surface area contributed by atoms with E-state index in [0.717, 1.165) is 29.6 Å². The molecule has 0 amide bonds. The van der Waals surface area contributed by atoms with Crippen LogP contribution in [0.4, 0.5) is 0 Å². The number of nitrogens with zero attached hydrogens (tertiary/aromatic N) is 1. The molecule has 0 aliphatic carbocycles. The Morgan fingerprint density at radius 2 is 1.95 bits per heavy atom. The van der Waals surface area contributed by atoms with Crippen molar-refractivity contribution in [3.63, 3.8) is 0 Å². The predicted octanol–water partition coefficient (Wildman–Crippen LogP) is 3.67. The largest absolute Gasteiger partial charge is 0.357 e. The summed E-state index contributed by atoms with van der Waals surface area (Å²) in [7, 11) is 0. The van der Waals surface area contributed by atoms with Gasteiger partial charge in [0.2, 0.25) is 0 Å². The van der Waals surface area contributed by atoms with E-state index in [1.165, 1.54) is 0 Å². The number of halogens is 2. The van der Waals surface area contributed by atoms with Crippen LogP contribution in [-0.2, 0) is 6.54 Å². The molecule has 19 heavy (non-hydrogen) atoms. The third kappa shape index (κ3) is 7.62. The number of guanidine groups is 1. The molecule has 0 fully saturated rings. The van der Waals surface area contributed by atoms with Gasteiger partial charge in [0.15, 0.2) is 5.96 Å². The van der Waals surface area contributed by atoms with Crippen molar-refractivity contribution in [3.8, 4) is 0 Å². The van der Waals surface area contributed by atoms with Crippen molar-refractivity contribution in [3.05, 3.63) is 34.9 Å². The van der Waals surface area contributed by atoms with Crippen molar-refractivity contribution in [2.24, 2.45) is 10.9 Å². The highest BCUT2D eigenvalue weighted by Crippen LogP contribution is 2.15. The molecule has 0 spiro atoms. The van der Waals surface area contributed by atoms with E-state index in [9.17, 15) is 0 Å². The lowest BCUT2D eigenvalue weighted by atomic mass is 10.2. The van der Waals surface area contributed by atoms with Crippen molar-refractivity contribution in [1.82, 2.24) is 10.6 Å². The molecule has 0 atom stereocenters. The molecular weight excluding hydrogens is 373 g/mol. The van der Waals surface area contributed by atoms with E-state index in [1.807, 2.05) is 24.3 Å². The van der Waals surface area contributed by atoms with E-state index in [1.54, 1.807) is 0 Å². The van der Waals surface area contributed by atoms with E-state index in [4.69, 9.17) is 11.6 Å². The zero-order valence-corrected chi connectivity index (χ0v) is 14.8. The molecule has 1 aromatic rings. The van der Waals surface area contributed by atoms with Crippen LogP contribution in [-0.4, -0.2) is 19.0 Å². The SMILES string of the molecule is CCNC(=NCc1ccccc1Cl)NCC(C)C.I. The maximum Gasteiger partial charge on any atom is 0.191 e. The highest BCUT2D eigenvalue weighted by atomic mass is 127. The highest BCUT2D eigenvalue weighted by Gasteiger charge is 2.01. The number of hydrogen-bond acceptors (Lipinski definition) is 1. The summed E-state index contributed by atoms with van der Waals surface area (Å²) in [5, 5.41) is 7.29. The molecule has 0 aliphatic rings. The lowest BCUT2D eigenvalue weighted by molar-refractivity contribution is 0.615. The van der Waals surface area contributed by atoms with Crippen LogP contribution in [0.15, 0.2) is 29.3 Å². The molecule has 0 radical (unpaired) electrons. The summed E-state index contributed by atoms with van der Waals surface area (Å²) < 4.78 is 0. The van der Waals surface area contributed by atoms with Gasteiger partial charge in [-0.15, -0.1) is 24.0 Å². The fourth-order valence-corrected chi connectivity index (χ4v) is 1.63. The molecular formula is C14H23ClIN3. The van der Waals surface area contributed by atoms with Crippen LogP contribution in [0.5, 0.6) is 0 Å². The Hall–Kier alpha value is -0.490. The fourth-order valence-electron chi connectivity index (χ4n) is 1.43. The molecule has 0 aliphatic heterocycles. The van der Waals surface area contributed by atoms with Gasteiger partial charge in [-0.25, -0.2) is 4.99 Å². The molecule has 0 bridgehead atoms. The molecule has 3 nitrogen and oxygen atoms in total. The summed E-state index contributed by atoms with van der Waals surface area (Å²) in [6, 6.07) is 7.79. The smallest absolute Gasteiger partial charge is 0.191 e. The first-order valence-electron chi connectivity index (χ1n) is 6.39. The average molecular weight is 396 g/mol. The van der Waals surface area contributed by atoms with Gasteiger partial charge in [-0.1, -0.05) is 43.6 Å². The van der Waals surface area contributed by atoms with Crippen molar-refractivity contribution in [2.75, 3.05) is 13.1 Å². The lowest BCUT2D eigenvalue weighted by Crippen LogP contribution is -2.39. The van der Waals surface area contributed by atoms with Gasteiger partial charge in [-0.3, -0.25) is 0 Å². The number of rotatable bonds is 5. The van der Waals surface area contributed by atoms with Crippen molar-refractivity contribution >= 4 is 41.5 Å². The highest BCUT2D eigenvalue weighted by molar-refractivity contribution is 14.0. The normalized spacial score (nSPS) is 11.1. The zero-order valence-electron chi connectivity index (χ0n) is 11.7. The van der Waals surface area contributed by atoms with Gasteiger partial charge >= 0.3 is 0 Å². The fraction of sp³-hybridized carbons (Fsp3) is 0.500. The number of benzene rings is 1. The molecule has 0 aromatic heterocycles. The summed E-state index contributed by atoms with van der Waals surface area (Å²) in [6.07, 6.45) is 0. The summed E-state index contributed by atoms with van der Waals surface area (Å²) in [6.45, 7) is 8.76. The Labute approximate surface area is 138 Å². The minimum atomic E-state index is 0. The predicted molar refractivity (Wildman–Crippen MR) is 94.5 cm³/mol. The first kappa shape index (κ1) is 18.5. The summed E-state index contributed by atoms with van der Waals surface area (Å²) in [4.78, 5) is 4.53. The van der Waals surface area contributed by atoms with Crippen LogP contribution in [0.1, 0.15) is 26.3 Å². The summed E-state index contributed by atoms with van der Waals surface area (Å²) >= 11 is 6.10. The molecule has 0 unspecified atom stereocenters. The van der Waals surface area contributed by atoms with E-state index in [-0.39, 0.29) is 24.0 Å². The quantitative estimate of drug-likeness (QED) is 0.453. The average Bonchev–Trinajstić information content (AvgIpc) is 2.34. The van der Waals surface area contributed by atoms with Crippen LogP contribution >= 0.6 is 35.6 Å². The van der Waals surface area contributed by atoms with Gasteiger partial charge in [0, 0.05) is 18.1 Å². The summed E-state index contributed by atoms with van der Waals surface area (Å²) in [5.74, 6) is 1.43. The molecule has 2 N–H and O–H groups in total. The van der Waals surface area contributed by atoms with E-state index >= 15 is 0 Å². The van der Waals surface area contributed by atoms with Crippen LogP contribution in [0, 0.1) is 5.92 Å². The standard InChI is InChI=1S/C14H22ClN3.HI/c1-4-16-14(17-9-11(2)3)18-10-12-7-5-6-8-13(12)15;/h5-8,11H,4,9-10H2,1-3H3,(H2,16,17,18);1H. The van der Waals surface area contributed by atoms with Gasteiger partial charge in [0.25, 0.3) is 0 Å². The topological polar surface area (TPSA) is 36.4 Å². The third-order valence-corrected chi connectivity index (χ3v) is 2.76. The monoisotopic (exact) mass is 395 g/mol. The molecule has 0 saturated carbocycles. The molecule has 0 heterocycles. The Bertz CT molecular complexity index is 394. The zero-order chi connectivity index (χ0) is 13.4. The van der Waals surface area contributed by atoms with E-state index in [0.29, 0.717) is 12.5 Å². The maximum atomic E-state index is 6.10. The van der Waals surface area contributed by atoms with Gasteiger partial charge in [0.1, 0.15) is 0 Å². The number of hydrogen-bond donors (Lipinski definition) is 2. The second kappa shape index (κ2) is 10.3. The third-order valence-electron chi connectivity index (χ3n) is 2.39. The molecule has 108 valence electrons. The Morgan fingerprint density at radius 1 is 1.26 bits per heavy atom. The van der Waals surface area contributed by atoms with Crippen molar-refractivity contribution < 1.29 is 0 Å². The molecule has 1 rings (SSSR count). The van der Waals surface area contributed by atoms with Crippen LogP contribution in [0.3, 0.4) is 0 Å². The van der Waals surface area contributed by atoms with Gasteiger partial charge < -0.3 is 10.6 Å². The Kier molecular flexibility index (Phi) is 10.0. The summed E-state index contributed by atoms with van der Waals surface area (Å²) in [5.41, 5.74) is 1.04. The second-order valence-electron chi connectivity index (χ2n) is 4.56. The molecule has 5 heteroatoms. The molecule has 1 aromatic carbocycles. The second-order valence-corrected chi connectivity index (χ2v) is 4.97. The van der Waals surface area contributed by atoms with Gasteiger partial charge in [0.05, 0.1) is 6.54 Å². The van der Waals surface area contributed by atoms with Crippen molar-refractivity contribution in [2.45, 2.75) is 27.3 Å². The Balaban J connectivity index is 0.00000324. The van der Waals surface area contributed by atoms with Crippen LogP contribution in [0.2, 0.25) is 5.02 Å². The molecule has 0 saturated heterocycles. The van der Waals surface area contributed by atoms with Crippen molar-refractivity contribution in [1.29, 1.82) is 0 Å². The Morgan fingerprint density at radius 3 is 2.53 bits per heavy atom. The minimum absolute atomic E-state index is 0. The lowest BCUT2D eigenvalue weighted by Gasteiger charge is -2.13.